The maximum atomic E-state index is 13.1. The van der Waals surface area contributed by atoms with Crippen molar-refractivity contribution in [2.45, 2.75) is 13.0 Å². The van der Waals surface area contributed by atoms with Crippen molar-refractivity contribution in [2.24, 2.45) is 0 Å². The topological polar surface area (TPSA) is 44.1 Å². The predicted octanol–water partition coefficient (Wildman–Crippen LogP) is 2.49. The molecule has 21 heavy (non-hydrogen) atoms. The van der Waals surface area contributed by atoms with Crippen molar-refractivity contribution in [3.63, 3.8) is 0 Å². The van der Waals surface area contributed by atoms with Crippen molar-refractivity contribution in [2.75, 3.05) is 7.11 Å². The lowest BCUT2D eigenvalue weighted by atomic mass is 10.2. The van der Waals surface area contributed by atoms with Crippen LogP contribution < -0.4 is 10.3 Å². The summed E-state index contributed by atoms with van der Waals surface area (Å²) < 4.78 is 32.1. The molecule has 2 rings (SSSR count). The molecular weight excluding hydrogens is 278 g/mol. The molecule has 0 saturated heterocycles. The van der Waals surface area contributed by atoms with Crippen LogP contribution in [0.4, 0.5) is 8.78 Å². The first-order valence-corrected chi connectivity index (χ1v) is 6.06. The highest BCUT2D eigenvalue weighted by Crippen LogP contribution is 2.27. The van der Waals surface area contributed by atoms with Gasteiger partial charge in [0.1, 0.15) is 5.82 Å². The molecule has 4 nitrogen and oxygen atoms in total. The standard InChI is InChI=1S/C15H12F2N2O2/c1-3-9-19-14(10-7-5-4-6-8-10)18-11(13(16)17)12(21-2)15(19)20/h1,4-8,13H,9H2,2H3. The Morgan fingerprint density at radius 3 is 2.57 bits per heavy atom. The molecule has 1 heterocycles. The number of ether oxygens (including phenoxy) is 1. The van der Waals surface area contributed by atoms with Crippen molar-refractivity contribution in [1.82, 2.24) is 9.55 Å². The molecule has 6 heteroatoms. The number of rotatable bonds is 4. The SMILES string of the molecule is C#CCn1c(-c2ccccc2)nc(C(F)F)c(OC)c1=O. The molecule has 0 saturated carbocycles. The molecule has 0 radical (unpaired) electrons. The van der Waals surface area contributed by atoms with Gasteiger partial charge in [0, 0.05) is 5.56 Å². The zero-order chi connectivity index (χ0) is 15.4. The van der Waals surface area contributed by atoms with E-state index < -0.39 is 23.4 Å². The summed E-state index contributed by atoms with van der Waals surface area (Å²) in [6, 6.07) is 8.53. The van der Waals surface area contributed by atoms with E-state index >= 15 is 0 Å². The van der Waals surface area contributed by atoms with Crippen molar-refractivity contribution < 1.29 is 13.5 Å². The molecule has 0 fully saturated rings. The maximum absolute atomic E-state index is 13.1. The van der Waals surface area contributed by atoms with Crippen LogP contribution in [0.3, 0.4) is 0 Å². The molecule has 2 aromatic rings. The monoisotopic (exact) mass is 290 g/mol. The summed E-state index contributed by atoms with van der Waals surface area (Å²) in [6.07, 6.45) is 2.32. The number of terminal acetylenes is 1. The van der Waals surface area contributed by atoms with Crippen molar-refractivity contribution in [3.05, 3.63) is 46.4 Å². The van der Waals surface area contributed by atoms with E-state index in [1.54, 1.807) is 30.3 Å². The molecule has 0 bridgehead atoms. The van der Waals surface area contributed by atoms with Crippen LogP contribution in [-0.2, 0) is 6.54 Å². The molecule has 0 aliphatic rings. The molecule has 1 aromatic carbocycles. The fourth-order valence-corrected chi connectivity index (χ4v) is 1.94. The summed E-state index contributed by atoms with van der Waals surface area (Å²) in [5.74, 6) is 1.92. The van der Waals surface area contributed by atoms with Crippen molar-refractivity contribution >= 4 is 0 Å². The van der Waals surface area contributed by atoms with Crippen LogP contribution in [-0.4, -0.2) is 16.7 Å². The highest BCUT2D eigenvalue weighted by atomic mass is 19.3. The Bertz CT molecular complexity index is 734. The van der Waals surface area contributed by atoms with Gasteiger partial charge in [0.05, 0.1) is 13.7 Å². The van der Waals surface area contributed by atoms with Crippen LogP contribution in [0, 0.1) is 12.3 Å². The first-order valence-electron chi connectivity index (χ1n) is 6.06. The minimum atomic E-state index is -2.92. The Kier molecular flexibility index (Phi) is 4.33. The summed E-state index contributed by atoms with van der Waals surface area (Å²) in [6.45, 7) is -0.0874. The Morgan fingerprint density at radius 1 is 1.38 bits per heavy atom. The van der Waals surface area contributed by atoms with E-state index in [1.165, 1.54) is 0 Å². The van der Waals surface area contributed by atoms with Gasteiger partial charge in [-0.15, -0.1) is 6.42 Å². The number of aromatic nitrogens is 2. The highest BCUT2D eigenvalue weighted by molar-refractivity contribution is 5.56. The lowest BCUT2D eigenvalue weighted by Crippen LogP contribution is -2.26. The third-order valence-corrected chi connectivity index (χ3v) is 2.85. The lowest BCUT2D eigenvalue weighted by Gasteiger charge is -2.14. The molecular formula is C15H12F2N2O2. The molecule has 0 N–H and O–H groups in total. The number of methoxy groups -OCH3 is 1. The molecule has 0 aliphatic carbocycles. The summed E-state index contributed by atoms with van der Waals surface area (Å²) in [5, 5.41) is 0. The van der Waals surface area contributed by atoms with Gasteiger partial charge >= 0.3 is 0 Å². The summed E-state index contributed by atoms with van der Waals surface area (Å²) in [7, 11) is 1.15. The van der Waals surface area contributed by atoms with Crippen LogP contribution in [0.25, 0.3) is 11.4 Å². The third-order valence-electron chi connectivity index (χ3n) is 2.85. The zero-order valence-corrected chi connectivity index (χ0v) is 11.2. The van der Waals surface area contributed by atoms with E-state index in [4.69, 9.17) is 11.2 Å². The normalized spacial score (nSPS) is 10.4. The Morgan fingerprint density at radius 2 is 2.05 bits per heavy atom. The van der Waals surface area contributed by atoms with Gasteiger partial charge in [-0.1, -0.05) is 36.3 Å². The quantitative estimate of drug-likeness (QED) is 0.813. The van der Waals surface area contributed by atoms with Gasteiger partial charge in [-0.25, -0.2) is 13.8 Å². The molecule has 0 aliphatic heterocycles. The van der Waals surface area contributed by atoms with Gasteiger partial charge in [0.15, 0.2) is 5.69 Å². The summed E-state index contributed by atoms with van der Waals surface area (Å²) >= 11 is 0. The minimum Gasteiger partial charge on any atom is -0.490 e. The maximum Gasteiger partial charge on any atom is 0.297 e. The predicted molar refractivity (Wildman–Crippen MR) is 74.3 cm³/mol. The highest BCUT2D eigenvalue weighted by Gasteiger charge is 2.23. The Hall–Kier alpha value is -2.68. The van der Waals surface area contributed by atoms with E-state index in [-0.39, 0.29) is 12.4 Å². The molecule has 0 unspecified atom stereocenters. The van der Waals surface area contributed by atoms with E-state index in [0.29, 0.717) is 5.56 Å². The smallest absolute Gasteiger partial charge is 0.297 e. The lowest BCUT2D eigenvalue weighted by molar-refractivity contribution is 0.140. The average molecular weight is 290 g/mol. The minimum absolute atomic E-state index is 0.0874. The average Bonchev–Trinajstić information content (AvgIpc) is 2.49. The largest absolute Gasteiger partial charge is 0.490 e. The van der Waals surface area contributed by atoms with Gasteiger partial charge < -0.3 is 4.74 Å². The molecule has 0 amide bonds. The van der Waals surface area contributed by atoms with E-state index in [9.17, 15) is 13.6 Å². The van der Waals surface area contributed by atoms with Crippen LogP contribution in [0.2, 0.25) is 0 Å². The van der Waals surface area contributed by atoms with E-state index in [0.717, 1.165) is 11.7 Å². The summed E-state index contributed by atoms with van der Waals surface area (Å²) in [4.78, 5) is 16.2. The van der Waals surface area contributed by atoms with Crippen LogP contribution in [0.15, 0.2) is 35.1 Å². The number of hydrogen-bond donors (Lipinski definition) is 0. The second-order valence-corrected chi connectivity index (χ2v) is 4.12. The molecule has 0 spiro atoms. The van der Waals surface area contributed by atoms with Gasteiger partial charge in [-0.2, -0.15) is 0 Å². The van der Waals surface area contributed by atoms with E-state index in [1.807, 2.05) is 0 Å². The van der Waals surface area contributed by atoms with Gasteiger partial charge in [-0.05, 0) is 0 Å². The molecule has 1 aromatic heterocycles. The fraction of sp³-hybridized carbons (Fsp3) is 0.200. The van der Waals surface area contributed by atoms with Gasteiger partial charge in [-0.3, -0.25) is 9.36 Å². The fourth-order valence-electron chi connectivity index (χ4n) is 1.94. The van der Waals surface area contributed by atoms with Crippen LogP contribution >= 0.6 is 0 Å². The van der Waals surface area contributed by atoms with Gasteiger partial charge in [0.25, 0.3) is 12.0 Å². The second-order valence-electron chi connectivity index (χ2n) is 4.12. The molecule has 0 atom stereocenters. The number of nitrogens with zero attached hydrogens (tertiary/aromatic N) is 2. The Balaban J connectivity index is 2.80. The Labute approximate surface area is 120 Å². The number of benzene rings is 1. The van der Waals surface area contributed by atoms with Crippen LogP contribution in [0.1, 0.15) is 12.1 Å². The first-order chi connectivity index (χ1) is 10.1. The molecule has 108 valence electrons. The van der Waals surface area contributed by atoms with Gasteiger partial charge in [0.2, 0.25) is 5.75 Å². The zero-order valence-electron chi connectivity index (χ0n) is 11.2. The number of hydrogen-bond acceptors (Lipinski definition) is 3. The number of alkyl halides is 2. The van der Waals surface area contributed by atoms with Crippen molar-refractivity contribution in [1.29, 1.82) is 0 Å². The van der Waals surface area contributed by atoms with E-state index in [2.05, 4.69) is 10.9 Å². The van der Waals surface area contributed by atoms with Crippen molar-refractivity contribution in [3.8, 4) is 29.5 Å². The van der Waals surface area contributed by atoms with Crippen LogP contribution in [0.5, 0.6) is 5.75 Å². The third kappa shape index (κ3) is 2.77. The summed E-state index contributed by atoms with van der Waals surface area (Å²) in [5.41, 5.74) is -0.886. The number of halogens is 2. The second kappa shape index (κ2) is 6.18. The first kappa shape index (κ1) is 14.7.